The number of carbonyl (C=O) groups is 2. The largest absolute Gasteiger partial charge is 0.461 e. The number of benzene rings is 3. The highest BCUT2D eigenvalue weighted by molar-refractivity contribution is 5.82. The van der Waals surface area contributed by atoms with Crippen molar-refractivity contribution >= 4 is 11.9 Å². The molecule has 0 aliphatic carbocycles. The lowest BCUT2D eigenvalue weighted by Gasteiger charge is -2.17. The van der Waals surface area contributed by atoms with Crippen molar-refractivity contribution in [3.8, 4) is 0 Å². The second-order valence-electron chi connectivity index (χ2n) is 6.86. The van der Waals surface area contributed by atoms with Gasteiger partial charge in [0, 0.05) is 6.54 Å². The maximum Gasteiger partial charge on any atom is 0.324 e. The number of carbonyl (C=O) groups excluding carboxylic acids is 2. The Balaban J connectivity index is 1.57. The molecule has 1 atom stereocenters. The SMILES string of the molecule is O=C(CC(NCc1ccccc1)C(=O)OCc1ccccc1)OCc1ccccc1. The van der Waals surface area contributed by atoms with Crippen LogP contribution in [-0.4, -0.2) is 18.0 Å². The van der Waals surface area contributed by atoms with Crippen molar-refractivity contribution in [2.45, 2.75) is 32.2 Å². The van der Waals surface area contributed by atoms with Crippen LogP contribution in [0.3, 0.4) is 0 Å². The smallest absolute Gasteiger partial charge is 0.324 e. The molecule has 5 nitrogen and oxygen atoms in total. The predicted molar refractivity (Wildman–Crippen MR) is 114 cm³/mol. The Morgan fingerprint density at radius 3 is 1.67 bits per heavy atom. The Hall–Kier alpha value is -3.44. The van der Waals surface area contributed by atoms with E-state index in [1.165, 1.54) is 0 Å². The predicted octanol–water partition coefficient (Wildman–Crippen LogP) is 4.02. The van der Waals surface area contributed by atoms with E-state index in [2.05, 4.69) is 5.32 Å². The highest BCUT2D eigenvalue weighted by atomic mass is 16.5. The van der Waals surface area contributed by atoms with Gasteiger partial charge in [0.05, 0.1) is 6.42 Å². The third-order valence-corrected chi connectivity index (χ3v) is 4.52. The monoisotopic (exact) mass is 403 g/mol. The molecule has 3 rings (SSSR count). The van der Waals surface area contributed by atoms with Crippen molar-refractivity contribution in [1.82, 2.24) is 5.32 Å². The van der Waals surface area contributed by atoms with Crippen LogP contribution in [-0.2, 0) is 38.8 Å². The standard InChI is InChI=1S/C25H25NO4/c27-24(29-18-21-12-6-2-7-13-21)16-23(26-17-20-10-4-1-5-11-20)25(28)30-19-22-14-8-3-9-15-22/h1-15,23,26H,16-19H2. The molecule has 0 aromatic heterocycles. The number of nitrogens with one attached hydrogen (secondary N) is 1. The zero-order valence-electron chi connectivity index (χ0n) is 16.7. The molecule has 3 aromatic rings. The minimum Gasteiger partial charge on any atom is -0.461 e. The van der Waals surface area contributed by atoms with E-state index >= 15 is 0 Å². The van der Waals surface area contributed by atoms with Gasteiger partial charge in [-0.1, -0.05) is 91.0 Å². The topological polar surface area (TPSA) is 64.6 Å². The maximum atomic E-state index is 12.7. The summed E-state index contributed by atoms with van der Waals surface area (Å²) in [6.45, 7) is 0.768. The third kappa shape index (κ3) is 7.18. The van der Waals surface area contributed by atoms with Crippen molar-refractivity contribution in [2.24, 2.45) is 0 Å². The Morgan fingerprint density at radius 2 is 1.13 bits per heavy atom. The van der Waals surface area contributed by atoms with Crippen LogP contribution in [0.25, 0.3) is 0 Å². The zero-order valence-corrected chi connectivity index (χ0v) is 16.7. The van der Waals surface area contributed by atoms with Crippen molar-refractivity contribution in [1.29, 1.82) is 0 Å². The van der Waals surface area contributed by atoms with E-state index in [-0.39, 0.29) is 19.6 Å². The van der Waals surface area contributed by atoms with Crippen LogP contribution in [0.2, 0.25) is 0 Å². The third-order valence-electron chi connectivity index (χ3n) is 4.52. The first-order chi connectivity index (χ1) is 14.7. The molecule has 1 unspecified atom stereocenters. The lowest BCUT2D eigenvalue weighted by Crippen LogP contribution is -2.39. The Bertz CT molecular complexity index is 914. The van der Waals surface area contributed by atoms with E-state index in [0.717, 1.165) is 16.7 Å². The van der Waals surface area contributed by atoms with Gasteiger partial charge in [0.2, 0.25) is 0 Å². The van der Waals surface area contributed by atoms with Gasteiger partial charge in [-0.05, 0) is 16.7 Å². The molecule has 3 aromatic carbocycles. The Morgan fingerprint density at radius 1 is 0.667 bits per heavy atom. The van der Waals surface area contributed by atoms with Gasteiger partial charge >= 0.3 is 11.9 Å². The zero-order chi connectivity index (χ0) is 21.0. The molecule has 0 fully saturated rings. The van der Waals surface area contributed by atoms with Gasteiger partial charge in [-0.2, -0.15) is 0 Å². The summed E-state index contributed by atoms with van der Waals surface area (Å²) < 4.78 is 10.8. The molecule has 0 aliphatic heterocycles. The summed E-state index contributed by atoms with van der Waals surface area (Å²) in [5, 5.41) is 3.13. The first kappa shape index (κ1) is 21.3. The van der Waals surface area contributed by atoms with Crippen LogP contribution in [0.15, 0.2) is 91.0 Å². The fourth-order valence-electron chi connectivity index (χ4n) is 2.87. The summed E-state index contributed by atoms with van der Waals surface area (Å²) in [7, 11) is 0. The van der Waals surface area contributed by atoms with Crippen molar-refractivity contribution in [3.63, 3.8) is 0 Å². The number of hydrogen-bond donors (Lipinski definition) is 1. The van der Waals surface area contributed by atoms with Crippen LogP contribution in [0.1, 0.15) is 23.1 Å². The van der Waals surface area contributed by atoms with Gasteiger partial charge < -0.3 is 9.47 Å². The highest BCUT2D eigenvalue weighted by Crippen LogP contribution is 2.08. The van der Waals surface area contributed by atoms with Gasteiger partial charge in [0.25, 0.3) is 0 Å². The molecular weight excluding hydrogens is 378 g/mol. The molecule has 0 amide bonds. The van der Waals surface area contributed by atoms with E-state index < -0.39 is 18.0 Å². The summed E-state index contributed by atoms with van der Waals surface area (Å²) in [6, 6.07) is 27.7. The van der Waals surface area contributed by atoms with Crippen LogP contribution in [0, 0.1) is 0 Å². The average Bonchev–Trinajstić information content (AvgIpc) is 2.81. The van der Waals surface area contributed by atoms with Crippen LogP contribution < -0.4 is 5.32 Å². The molecule has 30 heavy (non-hydrogen) atoms. The van der Waals surface area contributed by atoms with Gasteiger partial charge in [0.1, 0.15) is 19.3 Å². The maximum absolute atomic E-state index is 12.7. The number of ether oxygens (including phenoxy) is 2. The van der Waals surface area contributed by atoms with Crippen molar-refractivity contribution < 1.29 is 19.1 Å². The molecule has 0 radical (unpaired) electrons. The second-order valence-corrected chi connectivity index (χ2v) is 6.86. The van der Waals surface area contributed by atoms with Crippen LogP contribution >= 0.6 is 0 Å². The Kier molecular flexibility index (Phi) is 8.18. The van der Waals surface area contributed by atoms with Gasteiger partial charge in [-0.25, -0.2) is 0 Å². The molecule has 0 saturated carbocycles. The molecule has 154 valence electrons. The van der Waals surface area contributed by atoms with Crippen molar-refractivity contribution in [3.05, 3.63) is 108 Å². The van der Waals surface area contributed by atoms with E-state index in [1.807, 2.05) is 91.0 Å². The summed E-state index contributed by atoms with van der Waals surface area (Å²) in [4.78, 5) is 25.0. The number of hydrogen-bond acceptors (Lipinski definition) is 5. The quantitative estimate of drug-likeness (QED) is 0.518. The van der Waals surface area contributed by atoms with Gasteiger partial charge in [-0.3, -0.25) is 14.9 Å². The lowest BCUT2D eigenvalue weighted by atomic mass is 10.1. The fraction of sp³-hybridized carbons (Fsp3) is 0.200. The molecular formula is C25H25NO4. The molecule has 0 spiro atoms. The normalized spacial score (nSPS) is 11.5. The minimum atomic E-state index is -0.794. The van der Waals surface area contributed by atoms with E-state index in [0.29, 0.717) is 6.54 Å². The molecule has 0 bridgehead atoms. The molecule has 5 heteroatoms. The first-order valence-corrected chi connectivity index (χ1v) is 9.88. The second kappa shape index (κ2) is 11.5. The van der Waals surface area contributed by atoms with E-state index in [9.17, 15) is 9.59 Å². The average molecular weight is 403 g/mol. The molecule has 0 aliphatic rings. The molecule has 1 N–H and O–H groups in total. The van der Waals surface area contributed by atoms with E-state index in [1.54, 1.807) is 0 Å². The minimum absolute atomic E-state index is 0.104. The fourth-order valence-corrected chi connectivity index (χ4v) is 2.87. The van der Waals surface area contributed by atoms with Crippen molar-refractivity contribution in [2.75, 3.05) is 0 Å². The van der Waals surface area contributed by atoms with E-state index in [4.69, 9.17) is 9.47 Å². The molecule has 0 saturated heterocycles. The Labute approximate surface area is 176 Å². The lowest BCUT2D eigenvalue weighted by molar-refractivity contribution is -0.154. The highest BCUT2D eigenvalue weighted by Gasteiger charge is 2.24. The van der Waals surface area contributed by atoms with Gasteiger partial charge in [0.15, 0.2) is 0 Å². The summed E-state index contributed by atoms with van der Waals surface area (Å²) in [5.74, 6) is -0.937. The summed E-state index contributed by atoms with van der Waals surface area (Å²) in [6.07, 6.45) is -0.104. The first-order valence-electron chi connectivity index (χ1n) is 9.88. The number of esters is 2. The van der Waals surface area contributed by atoms with Crippen LogP contribution in [0.4, 0.5) is 0 Å². The number of rotatable bonds is 10. The summed E-state index contributed by atoms with van der Waals surface area (Å²) in [5.41, 5.74) is 2.79. The summed E-state index contributed by atoms with van der Waals surface area (Å²) >= 11 is 0. The van der Waals surface area contributed by atoms with Crippen LogP contribution in [0.5, 0.6) is 0 Å². The van der Waals surface area contributed by atoms with Gasteiger partial charge in [-0.15, -0.1) is 0 Å². The molecule has 0 heterocycles.